The molecule has 0 amide bonds. The maximum atomic E-state index is 12.4. The highest BCUT2D eigenvalue weighted by atomic mass is 16.5. The van der Waals surface area contributed by atoms with Crippen molar-refractivity contribution in [3.63, 3.8) is 0 Å². The van der Waals surface area contributed by atoms with Crippen molar-refractivity contribution in [2.24, 2.45) is 0 Å². The lowest BCUT2D eigenvalue weighted by molar-refractivity contribution is 0.0503. The number of hydrogen-bond donors (Lipinski definition) is 3. The third kappa shape index (κ3) is 5.02. The van der Waals surface area contributed by atoms with Crippen LogP contribution in [0, 0.1) is 6.92 Å². The van der Waals surface area contributed by atoms with E-state index in [0.717, 1.165) is 63.6 Å². The van der Waals surface area contributed by atoms with Gasteiger partial charge in [0.15, 0.2) is 0 Å². The van der Waals surface area contributed by atoms with Crippen molar-refractivity contribution in [2.75, 3.05) is 26.2 Å². The number of aromatic amines is 1. The Kier molecular flexibility index (Phi) is 6.60. The monoisotopic (exact) mass is 505 g/mol. The molecule has 1 aromatic carbocycles. The van der Waals surface area contributed by atoms with Crippen molar-refractivity contribution in [2.45, 2.75) is 13.0 Å². The largest absolute Gasteiger partial charge is 0.461 e. The summed E-state index contributed by atoms with van der Waals surface area (Å²) in [5.74, 6) is -0.378. The number of fused-ring (bicyclic) bond motifs is 1. The predicted octanol–water partition coefficient (Wildman–Crippen LogP) is 3.78. The summed E-state index contributed by atoms with van der Waals surface area (Å²) in [6.07, 6.45) is 5.03. The van der Waals surface area contributed by atoms with E-state index in [0.29, 0.717) is 24.8 Å². The van der Waals surface area contributed by atoms with Gasteiger partial charge in [-0.3, -0.25) is 15.0 Å². The first-order chi connectivity index (χ1) is 18.6. The van der Waals surface area contributed by atoms with Crippen molar-refractivity contribution in [1.29, 1.82) is 0 Å². The molecule has 5 aromatic rings. The fraction of sp³-hybridized carbons (Fsp3) is 0.207. The Bertz CT molecular complexity index is 1590. The normalized spacial score (nSPS) is 13.4. The molecule has 1 saturated heterocycles. The number of aryl methyl sites for hydroxylation is 1. The van der Waals surface area contributed by atoms with Gasteiger partial charge in [0.25, 0.3) is 0 Å². The van der Waals surface area contributed by atoms with Crippen molar-refractivity contribution >= 4 is 16.9 Å². The fourth-order valence-electron chi connectivity index (χ4n) is 4.42. The van der Waals surface area contributed by atoms with E-state index in [1.807, 2.05) is 49.4 Å². The summed E-state index contributed by atoms with van der Waals surface area (Å²) < 4.78 is 5.36. The quantitative estimate of drug-likeness (QED) is 0.215. The predicted molar refractivity (Wildman–Crippen MR) is 145 cm³/mol. The van der Waals surface area contributed by atoms with Crippen LogP contribution >= 0.6 is 0 Å². The van der Waals surface area contributed by atoms with Gasteiger partial charge < -0.3 is 20.4 Å². The van der Waals surface area contributed by atoms with Gasteiger partial charge in [-0.2, -0.15) is 0 Å². The Balaban J connectivity index is 1.20. The molecule has 0 unspecified atom stereocenters. The van der Waals surface area contributed by atoms with E-state index in [2.05, 4.69) is 41.6 Å². The fourth-order valence-corrected chi connectivity index (χ4v) is 4.42. The molecule has 0 aliphatic carbocycles. The van der Waals surface area contributed by atoms with Crippen molar-refractivity contribution in [1.82, 2.24) is 35.6 Å². The Morgan fingerprint density at radius 2 is 1.89 bits per heavy atom. The number of carbonyl (C=O) groups is 1. The van der Waals surface area contributed by atoms with E-state index < -0.39 is 0 Å². The van der Waals surface area contributed by atoms with Gasteiger partial charge in [-0.15, -0.1) is 0 Å². The summed E-state index contributed by atoms with van der Waals surface area (Å²) in [6, 6.07) is 18.1. The molecule has 0 spiro atoms. The zero-order chi connectivity index (χ0) is 25.9. The molecule has 38 heavy (non-hydrogen) atoms. The van der Waals surface area contributed by atoms with E-state index in [4.69, 9.17) is 4.74 Å². The molecule has 9 nitrogen and oxygen atoms in total. The first-order valence-corrected chi connectivity index (χ1v) is 12.6. The van der Waals surface area contributed by atoms with Crippen LogP contribution < -0.4 is 10.6 Å². The van der Waals surface area contributed by atoms with E-state index in [-0.39, 0.29) is 5.97 Å². The molecule has 1 aliphatic heterocycles. The summed E-state index contributed by atoms with van der Waals surface area (Å²) in [5, 5.41) is 7.48. The molecule has 4 aromatic heterocycles. The highest BCUT2D eigenvalue weighted by molar-refractivity contribution is 5.91. The van der Waals surface area contributed by atoms with E-state index >= 15 is 0 Å². The molecular weight excluding hydrogens is 478 g/mol. The van der Waals surface area contributed by atoms with E-state index in [1.165, 1.54) is 0 Å². The summed E-state index contributed by atoms with van der Waals surface area (Å²) >= 11 is 0. The zero-order valence-corrected chi connectivity index (χ0v) is 20.9. The molecule has 1 fully saturated rings. The van der Waals surface area contributed by atoms with Gasteiger partial charge in [0, 0.05) is 60.3 Å². The standard InChI is InChI=1S/C29H27N7O2/c1-18-3-2-4-26(36-18)28-27(34-17-35-28)19-5-7-24-21(11-19)12-22(14-33-24)25-8-6-20(13-32-25)29(37)38-10-9-31-23-15-30-16-23/h2-8,11-14,17,23,30-31H,9-10,15-16H2,1H3,(H,34,35). The number of hydrogen-bond acceptors (Lipinski definition) is 8. The molecular formula is C29H27N7O2. The Hall–Kier alpha value is -4.47. The number of nitrogens with zero attached hydrogens (tertiary/aromatic N) is 4. The molecule has 0 saturated carbocycles. The van der Waals surface area contributed by atoms with Crippen LogP contribution in [0.5, 0.6) is 0 Å². The maximum Gasteiger partial charge on any atom is 0.339 e. The van der Waals surface area contributed by atoms with Crippen LogP contribution in [0.3, 0.4) is 0 Å². The van der Waals surface area contributed by atoms with Crippen LogP contribution in [0.15, 0.2) is 73.3 Å². The summed E-state index contributed by atoms with van der Waals surface area (Å²) in [7, 11) is 0. The number of esters is 1. The van der Waals surface area contributed by atoms with Crippen LogP contribution in [0.1, 0.15) is 16.1 Å². The lowest BCUT2D eigenvalue weighted by Gasteiger charge is -2.27. The highest BCUT2D eigenvalue weighted by Crippen LogP contribution is 2.31. The number of benzene rings is 1. The SMILES string of the molecule is Cc1cccc(-c2[nH]cnc2-c2ccc3ncc(-c4ccc(C(=O)OCCNC5CNC5)cn4)cc3c2)n1. The smallest absolute Gasteiger partial charge is 0.339 e. The number of nitrogens with one attached hydrogen (secondary N) is 3. The van der Waals surface area contributed by atoms with Gasteiger partial charge in [-0.05, 0) is 49.4 Å². The van der Waals surface area contributed by atoms with Crippen LogP contribution in [0.4, 0.5) is 0 Å². The second-order valence-corrected chi connectivity index (χ2v) is 9.30. The molecule has 1 aliphatic rings. The second kappa shape index (κ2) is 10.5. The van der Waals surface area contributed by atoms with Gasteiger partial charge in [0.2, 0.25) is 0 Å². The minimum atomic E-state index is -0.378. The lowest BCUT2D eigenvalue weighted by atomic mass is 10.0. The molecule has 190 valence electrons. The minimum Gasteiger partial charge on any atom is -0.461 e. The summed E-state index contributed by atoms with van der Waals surface area (Å²) in [5.41, 5.74) is 7.33. The molecule has 9 heteroatoms. The topological polar surface area (TPSA) is 118 Å². The van der Waals surface area contributed by atoms with Gasteiger partial charge in [0.05, 0.1) is 40.2 Å². The van der Waals surface area contributed by atoms with E-state index in [9.17, 15) is 4.79 Å². The first kappa shape index (κ1) is 23.9. The maximum absolute atomic E-state index is 12.4. The molecule has 5 heterocycles. The number of imidazole rings is 1. The summed E-state index contributed by atoms with van der Waals surface area (Å²) in [6.45, 7) is 4.85. The van der Waals surface area contributed by atoms with Gasteiger partial charge in [-0.1, -0.05) is 12.1 Å². The Morgan fingerprint density at radius 1 is 1.00 bits per heavy atom. The molecule has 6 rings (SSSR count). The number of pyridine rings is 3. The van der Waals surface area contributed by atoms with Gasteiger partial charge in [-0.25, -0.2) is 9.78 Å². The summed E-state index contributed by atoms with van der Waals surface area (Å²) in [4.78, 5) is 33.9. The number of carbonyl (C=O) groups excluding carboxylic acids is 1. The zero-order valence-electron chi connectivity index (χ0n) is 20.9. The Morgan fingerprint density at radius 3 is 2.68 bits per heavy atom. The highest BCUT2D eigenvalue weighted by Gasteiger charge is 2.16. The van der Waals surface area contributed by atoms with Crippen molar-refractivity contribution < 1.29 is 9.53 Å². The van der Waals surface area contributed by atoms with Gasteiger partial charge in [0.1, 0.15) is 6.61 Å². The van der Waals surface area contributed by atoms with E-state index in [1.54, 1.807) is 24.8 Å². The first-order valence-electron chi connectivity index (χ1n) is 12.6. The van der Waals surface area contributed by atoms with Gasteiger partial charge >= 0.3 is 5.97 Å². The average molecular weight is 506 g/mol. The lowest BCUT2D eigenvalue weighted by Crippen LogP contribution is -2.55. The molecule has 3 N–H and O–H groups in total. The van der Waals surface area contributed by atoms with Crippen molar-refractivity contribution in [3.8, 4) is 33.9 Å². The number of H-pyrrole nitrogens is 1. The molecule has 0 radical (unpaired) electrons. The van der Waals surface area contributed by atoms with Crippen molar-refractivity contribution in [3.05, 3.63) is 84.6 Å². The van der Waals surface area contributed by atoms with Crippen LogP contribution in [0.2, 0.25) is 0 Å². The van der Waals surface area contributed by atoms with Crippen LogP contribution in [0.25, 0.3) is 44.8 Å². The number of aromatic nitrogens is 5. The molecule has 0 atom stereocenters. The second-order valence-electron chi connectivity index (χ2n) is 9.30. The van der Waals surface area contributed by atoms with Crippen LogP contribution in [-0.2, 0) is 4.74 Å². The minimum absolute atomic E-state index is 0.325. The molecule has 0 bridgehead atoms. The number of rotatable bonds is 8. The third-order valence-electron chi connectivity index (χ3n) is 6.58. The van der Waals surface area contributed by atoms with Crippen LogP contribution in [-0.4, -0.2) is 63.2 Å². The third-order valence-corrected chi connectivity index (χ3v) is 6.58. The Labute approximate surface area is 219 Å². The number of ether oxygens (including phenoxy) is 1. The average Bonchev–Trinajstić information content (AvgIpc) is 3.41.